The predicted molar refractivity (Wildman–Crippen MR) is 73.9 cm³/mol. The number of halogens is 1. The lowest BCUT2D eigenvalue weighted by atomic mass is 9.86. The summed E-state index contributed by atoms with van der Waals surface area (Å²) in [5.74, 6) is 0.366. The van der Waals surface area contributed by atoms with E-state index in [1.165, 1.54) is 6.07 Å². The first kappa shape index (κ1) is 12.5. The van der Waals surface area contributed by atoms with Gasteiger partial charge >= 0.3 is 0 Å². The number of aryl methyl sites for hydroxylation is 1. The third-order valence-corrected chi connectivity index (χ3v) is 4.44. The van der Waals surface area contributed by atoms with Crippen molar-refractivity contribution in [3.05, 3.63) is 23.5 Å². The SMILES string of the molecule is CCC1CCN2c3cc(C)c(F)cc3NC(=O)C2C1. The third-order valence-electron chi connectivity index (χ3n) is 4.44. The van der Waals surface area contributed by atoms with E-state index in [-0.39, 0.29) is 17.8 Å². The van der Waals surface area contributed by atoms with Gasteiger partial charge in [0.05, 0.1) is 11.4 Å². The molecule has 0 bridgehead atoms. The topological polar surface area (TPSA) is 32.3 Å². The summed E-state index contributed by atoms with van der Waals surface area (Å²) in [5.41, 5.74) is 2.21. The number of benzene rings is 1. The molecule has 2 atom stereocenters. The Morgan fingerprint density at radius 1 is 1.47 bits per heavy atom. The van der Waals surface area contributed by atoms with Crippen molar-refractivity contribution in [1.29, 1.82) is 0 Å². The van der Waals surface area contributed by atoms with Crippen molar-refractivity contribution in [3.63, 3.8) is 0 Å². The lowest BCUT2D eigenvalue weighted by Gasteiger charge is -2.43. The Balaban J connectivity index is 1.99. The number of carbonyl (C=O) groups excluding carboxylic acids is 1. The molecule has 2 heterocycles. The van der Waals surface area contributed by atoms with Gasteiger partial charge in [0.15, 0.2) is 0 Å². The van der Waals surface area contributed by atoms with Crippen molar-refractivity contribution in [1.82, 2.24) is 0 Å². The van der Waals surface area contributed by atoms with Gasteiger partial charge in [-0.15, -0.1) is 0 Å². The molecule has 0 aliphatic carbocycles. The van der Waals surface area contributed by atoms with E-state index < -0.39 is 0 Å². The Morgan fingerprint density at radius 2 is 2.26 bits per heavy atom. The second-order valence-electron chi connectivity index (χ2n) is 5.62. The molecule has 0 spiro atoms. The van der Waals surface area contributed by atoms with E-state index in [0.717, 1.165) is 31.5 Å². The zero-order chi connectivity index (χ0) is 13.6. The molecule has 1 amide bonds. The highest BCUT2D eigenvalue weighted by molar-refractivity contribution is 6.03. The molecule has 1 N–H and O–H groups in total. The van der Waals surface area contributed by atoms with Crippen LogP contribution in [0.1, 0.15) is 31.7 Å². The highest BCUT2D eigenvalue weighted by atomic mass is 19.1. The Morgan fingerprint density at radius 3 is 3.00 bits per heavy atom. The van der Waals surface area contributed by atoms with Crippen LogP contribution in [0.4, 0.5) is 15.8 Å². The highest BCUT2D eigenvalue weighted by Crippen LogP contribution is 2.39. The fourth-order valence-corrected chi connectivity index (χ4v) is 3.17. The largest absolute Gasteiger partial charge is 0.358 e. The maximum atomic E-state index is 13.6. The first-order valence-electron chi connectivity index (χ1n) is 6.97. The number of nitrogens with zero attached hydrogens (tertiary/aromatic N) is 1. The number of amides is 1. The van der Waals surface area contributed by atoms with E-state index in [9.17, 15) is 9.18 Å². The van der Waals surface area contributed by atoms with Crippen LogP contribution in [0.2, 0.25) is 0 Å². The monoisotopic (exact) mass is 262 g/mol. The number of carbonyl (C=O) groups is 1. The summed E-state index contributed by atoms with van der Waals surface area (Å²) >= 11 is 0. The molecule has 3 nitrogen and oxygen atoms in total. The maximum Gasteiger partial charge on any atom is 0.247 e. The quantitative estimate of drug-likeness (QED) is 0.843. The van der Waals surface area contributed by atoms with E-state index in [1.54, 1.807) is 6.92 Å². The zero-order valence-electron chi connectivity index (χ0n) is 11.4. The number of hydrogen-bond donors (Lipinski definition) is 1. The minimum atomic E-state index is -0.263. The molecule has 2 aliphatic rings. The van der Waals surface area contributed by atoms with E-state index >= 15 is 0 Å². The second kappa shape index (κ2) is 4.51. The van der Waals surface area contributed by atoms with Crippen LogP contribution in [0.3, 0.4) is 0 Å². The van der Waals surface area contributed by atoms with E-state index in [0.29, 0.717) is 17.2 Å². The van der Waals surface area contributed by atoms with Gasteiger partial charge in [-0.1, -0.05) is 13.3 Å². The zero-order valence-corrected chi connectivity index (χ0v) is 11.4. The van der Waals surface area contributed by atoms with Crippen LogP contribution in [0.15, 0.2) is 12.1 Å². The number of nitrogens with one attached hydrogen (secondary N) is 1. The molecule has 0 radical (unpaired) electrons. The molecule has 2 aliphatic heterocycles. The Bertz CT molecular complexity index is 529. The first-order chi connectivity index (χ1) is 9.10. The maximum absolute atomic E-state index is 13.6. The molecule has 2 unspecified atom stereocenters. The highest BCUT2D eigenvalue weighted by Gasteiger charge is 2.37. The molecule has 1 saturated heterocycles. The van der Waals surface area contributed by atoms with Crippen LogP contribution < -0.4 is 10.2 Å². The lowest BCUT2D eigenvalue weighted by Crippen LogP contribution is -2.52. The molecular formula is C15H19FN2O. The number of piperidine rings is 1. The molecule has 0 saturated carbocycles. The molecule has 4 heteroatoms. The van der Waals surface area contributed by atoms with Crippen molar-refractivity contribution >= 4 is 17.3 Å². The van der Waals surface area contributed by atoms with Crippen LogP contribution in [-0.2, 0) is 4.79 Å². The molecule has 0 aromatic heterocycles. The Kier molecular flexibility index (Phi) is 2.96. The van der Waals surface area contributed by atoms with Crippen LogP contribution in [0.25, 0.3) is 0 Å². The summed E-state index contributed by atoms with van der Waals surface area (Å²) in [5, 5.41) is 2.85. The third kappa shape index (κ3) is 1.99. The molecule has 1 aromatic rings. The number of rotatable bonds is 1. The Labute approximate surface area is 112 Å². The molecule has 1 fully saturated rings. The minimum Gasteiger partial charge on any atom is -0.358 e. The van der Waals surface area contributed by atoms with Crippen molar-refractivity contribution in [3.8, 4) is 0 Å². The minimum absolute atomic E-state index is 0.00824. The van der Waals surface area contributed by atoms with Crippen molar-refractivity contribution in [2.45, 2.75) is 39.2 Å². The number of anilines is 2. The number of fused-ring (bicyclic) bond motifs is 3. The lowest BCUT2D eigenvalue weighted by molar-refractivity contribution is -0.118. The van der Waals surface area contributed by atoms with Crippen molar-refractivity contribution < 1.29 is 9.18 Å². The van der Waals surface area contributed by atoms with Crippen molar-refractivity contribution in [2.24, 2.45) is 5.92 Å². The molecule has 19 heavy (non-hydrogen) atoms. The summed E-state index contributed by atoms with van der Waals surface area (Å²) in [6, 6.07) is 3.20. The molecular weight excluding hydrogens is 243 g/mol. The van der Waals surface area contributed by atoms with E-state index in [1.807, 2.05) is 6.07 Å². The summed E-state index contributed by atoms with van der Waals surface area (Å²) in [6.07, 6.45) is 3.13. The van der Waals surface area contributed by atoms with Gasteiger partial charge in [0.1, 0.15) is 11.9 Å². The van der Waals surface area contributed by atoms with E-state index in [2.05, 4.69) is 17.1 Å². The van der Waals surface area contributed by atoms with Crippen LogP contribution in [0, 0.1) is 18.7 Å². The van der Waals surface area contributed by atoms with Gasteiger partial charge in [0.25, 0.3) is 0 Å². The van der Waals surface area contributed by atoms with Crippen LogP contribution in [-0.4, -0.2) is 18.5 Å². The van der Waals surface area contributed by atoms with Crippen LogP contribution in [0.5, 0.6) is 0 Å². The molecule has 102 valence electrons. The summed E-state index contributed by atoms with van der Waals surface area (Å²) in [6.45, 7) is 4.82. The van der Waals surface area contributed by atoms with Gasteiger partial charge in [-0.25, -0.2) is 4.39 Å². The van der Waals surface area contributed by atoms with Crippen LogP contribution >= 0.6 is 0 Å². The average molecular weight is 262 g/mol. The first-order valence-corrected chi connectivity index (χ1v) is 6.97. The fourth-order valence-electron chi connectivity index (χ4n) is 3.17. The number of hydrogen-bond acceptors (Lipinski definition) is 2. The fraction of sp³-hybridized carbons (Fsp3) is 0.533. The van der Waals surface area contributed by atoms with Gasteiger partial charge in [0, 0.05) is 6.54 Å². The van der Waals surface area contributed by atoms with Gasteiger partial charge in [-0.05, 0) is 43.4 Å². The summed E-state index contributed by atoms with van der Waals surface area (Å²) in [4.78, 5) is 14.3. The second-order valence-corrected chi connectivity index (χ2v) is 5.62. The standard InChI is InChI=1S/C15H19FN2O/c1-3-10-4-5-18-13-6-9(2)11(16)8-12(13)17-15(19)14(18)7-10/h6,8,10,14H,3-5,7H2,1-2H3,(H,17,19). The molecule has 3 rings (SSSR count). The summed E-state index contributed by atoms with van der Waals surface area (Å²) < 4.78 is 13.6. The van der Waals surface area contributed by atoms with Crippen molar-refractivity contribution in [2.75, 3.05) is 16.8 Å². The molecule has 1 aromatic carbocycles. The van der Waals surface area contributed by atoms with Gasteiger partial charge in [-0.2, -0.15) is 0 Å². The van der Waals surface area contributed by atoms with Gasteiger partial charge in [0.2, 0.25) is 5.91 Å². The van der Waals surface area contributed by atoms with Gasteiger partial charge in [-0.3, -0.25) is 4.79 Å². The Hall–Kier alpha value is -1.58. The predicted octanol–water partition coefficient (Wildman–Crippen LogP) is 3.08. The normalized spacial score (nSPS) is 25.6. The summed E-state index contributed by atoms with van der Waals surface area (Å²) in [7, 11) is 0. The van der Waals surface area contributed by atoms with Gasteiger partial charge < -0.3 is 10.2 Å². The van der Waals surface area contributed by atoms with E-state index in [4.69, 9.17) is 0 Å². The smallest absolute Gasteiger partial charge is 0.247 e. The average Bonchev–Trinajstić information content (AvgIpc) is 2.41.